The molecule has 0 amide bonds. The van der Waals surface area contributed by atoms with Gasteiger partial charge in [-0.2, -0.15) is 0 Å². The molecule has 1 aliphatic carbocycles. The van der Waals surface area contributed by atoms with Crippen LogP contribution in [0, 0.1) is 5.41 Å². The second kappa shape index (κ2) is 5.92. The second-order valence-corrected chi connectivity index (χ2v) is 7.35. The Kier molecular flexibility index (Phi) is 4.71. The Morgan fingerprint density at radius 1 is 0.833 bits per heavy atom. The van der Waals surface area contributed by atoms with Crippen molar-refractivity contribution in [1.82, 2.24) is 4.90 Å². The molecule has 1 saturated heterocycles. The van der Waals surface area contributed by atoms with Gasteiger partial charge in [0.2, 0.25) is 0 Å². The van der Waals surface area contributed by atoms with Crippen LogP contribution in [0.4, 0.5) is 0 Å². The standard InChI is InChI=1S/C16H32N2/c1-15(2)8-10-16(14-17,11-9-15)18-12-6-4-3-5-7-13-18/h3-14,17H2,1-2H3. The van der Waals surface area contributed by atoms with E-state index in [2.05, 4.69) is 18.7 Å². The molecule has 0 aromatic rings. The molecule has 0 radical (unpaired) electrons. The Hall–Kier alpha value is -0.0800. The van der Waals surface area contributed by atoms with Crippen LogP contribution >= 0.6 is 0 Å². The number of likely N-dealkylation sites (tertiary alicyclic amines) is 1. The van der Waals surface area contributed by atoms with Gasteiger partial charge in [-0.1, -0.05) is 33.1 Å². The summed E-state index contributed by atoms with van der Waals surface area (Å²) in [6, 6.07) is 0. The number of nitrogens with two attached hydrogens (primary N) is 1. The molecule has 0 atom stereocenters. The van der Waals surface area contributed by atoms with Crippen LogP contribution in [0.2, 0.25) is 0 Å². The van der Waals surface area contributed by atoms with E-state index in [-0.39, 0.29) is 0 Å². The van der Waals surface area contributed by atoms with Crippen molar-refractivity contribution in [1.29, 1.82) is 0 Å². The molecule has 0 unspecified atom stereocenters. The van der Waals surface area contributed by atoms with Crippen LogP contribution in [-0.2, 0) is 0 Å². The third-order valence-corrected chi connectivity index (χ3v) is 5.44. The van der Waals surface area contributed by atoms with Gasteiger partial charge in [-0.15, -0.1) is 0 Å². The summed E-state index contributed by atoms with van der Waals surface area (Å²) >= 11 is 0. The first-order valence-electron chi connectivity index (χ1n) is 8.03. The molecule has 1 aliphatic heterocycles. The predicted molar refractivity (Wildman–Crippen MR) is 78.7 cm³/mol. The predicted octanol–water partition coefficient (Wildman–Crippen LogP) is 3.55. The molecule has 0 aromatic carbocycles. The van der Waals surface area contributed by atoms with E-state index >= 15 is 0 Å². The minimum Gasteiger partial charge on any atom is -0.329 e. The zero-order valence-electron chi connectivity index (χ0n) is 12.5. The van der Waals surface area contributed by atoms with Gasteiger partial charge in [0.1, 0.15) is 0 Å². The Bertz CT molecular complexity index is 242. The quantitative estimate of drug-likeness (QED) is 0.814. The van der Waals surface area contributed by atoms with Crippen LogP contribution in [-0.4, -0.2) is 30.1 Å². The van der Waals surface area contributed by atoms with Gasteiger partial charge in [0.05, 0.1) is 0 Å². The number of hydrogen-bond donors (Lipinski definition) is 1. The lowest BCUT2D eigenvalue weighted by Crippen LogP contribution is -2.57. The van der Waals surface area contributed by atoms with E-state index in [4.69, 9.17) is 5.73 Å². The summed E-state index contributed by atoms with van der Waals surface area (Å²) in [5.74, 6) is 0. The summed E-state index contributed by atoms with van der Waals surface area (Å²) < 4.78 is 0. The molecule has 1 saturated carbocycles. The summed E-state index contributed by atoms with van der Waals surface area (Å²) in [7, 11) is 0. The molecule has 106 valence electrons. The maximum absolute atomic E-state index is 6.21. The van der Waals surface area contributed by atoms with Crippen molar-refractivity contribution in [2.24, 2.45) is 11.1 Å². The van der Waals surface area contributed by atoms with Crippen molar-refractivity contribution in [2.75, 3.05) is 19.6 Å². The monoisotopic (exact) mass is 252 g/mol. The number of rotatable bonds is 2. The highest BCUT2D eigenvalue weighted by molar-refractivity contribution is 4.98. The smallest absolute Gasteiger partial charge is 0.0332 e. The van der Waals surface area contributed by atoms with Crippen molar-refractivity contribution in [3.8, 4) is 0 Å². The Morgan fingerprint density at radius 3 is 1.83 bits per heavy atom. The Labute approximate surface area is 113 Å². The SMILES string of the molecule is CC1(C)CCC(CN)(N2CCCCCCC2)CC1. The minimum atomic E-state index is 0.340. The van der Waals surface area contributed by atoms with Crippen LogP contribution in [0.5, 0.6) is 0 Å². The normalized spacial score (nSPS) is 29.5. The van der Waals surface area contributed by atoms with Gasteiger partial charge in [0.25, 0.3) is 0 Å². The summed E-state index contributed by atoms with van der Waals surface area (Å²) in [5, 5.41) is 0. The molecule has 2 N–H and O–H groups in total. The molecule has 2 fully saturated rings. The number of nitrogens with zero attached hydrogens (tertiary/aromatic N) is 1. The first kappa shape index (κ1) is 14.3. The zero-order valence-corrected chi connectivity index (χ0v) is 12.5. The Balaban J connectivity index is 2.01. The van der Waals surface area contributed by atoms with Crippen LogP contribution in [0.25, 0.3) is 0 Å². The molecule has 2 aliphatic rings. The minimum absolute atomic E-state index is 0.340. The molecule has 0 bridgehead atoms. The molecule has 1 heterocycles. The highest BCUT2D eigenvalue weighted by Gasteiger charge is 2.41. The number of hydrogen-bond acceptors (Lipinski definition) is 2. The fourth-order valence-electron chi connectivity index (χ4n) is 3.76. The van der Waals surface area contributed by atoms with Crippen LogP contribution in [0.3, 0.4) is 0 Å². The van der Waals surface area contributed by atoms with Crippen molar-refractivity contribution in [3.05, 3.63) is 0 Å². The third-order valence-electron chi connectivity index (χ3n) is 5.44. The topological polar surface area (TPSA) is 29.3 Å². The average Bonchev–Trinajstić information content (AvgIpc) is 2.30. The van der Waals surface area contributed by atoms with E-state index in [0.29, 0.717) is 11.0 Å². The van der Waals surface area contributed by atoms with E-state index in [0.717, 1.165) is 6.54 Å². The van der Waals surface area contributed by atoms with E-state index in [1.54, 1.807) is 0 Å². The van der Waals surface area contributed by atoms with Crippen molar-refractivity contribution >= 4 is 0 Å². The highest BCUT2D eigenvalue weighted by Crippen LogP contribution is 2.43. The molecule has 18 heavy (non-hydrogen) atoms. The van der Waals surface area contributed by atoms with Gasteiger partial charge in [-0.05, 0) is 57.0 Å². The first-order chi connectivity index (χ1) is 8.58. The molecular weight excluding hydrogens is 220 g/mol. The molecule has 2 nitrogen and oxygen atoms in total. The molecule has 0 spiro atoms. The summed E-state index contributed by atoms with van der Waals surface area (Å²) in [5.41, 5.74) is 7.09. The maximum atomic E-state index is 6.21. The van der Waals surface area contributed by atoms with Crippen molar-refractivity contribution in [2.45, 2.75) is 77.2 Å². The maximum Gasteiger partial charge on any atom is 0.0332 e. The molecular formula is C16H32N2. The lowest BCUT2D eigenvalue weighted by atomic mass is 9.68. The van der Waals surface area contributed by atoms with E-state index in [1.165, 1.54) is 70.9 Å². The largest absolute Gasteiger partial charge is 0.329 e. The zero-order chi connectivity index (χ0) is 13.1. The van der Waals surface area contributed by atoms with Crippen LogP contribution < -0.4 is 5.73 Å². The molecule has 0 aromatic heterocycles. The molecule has 2 heteroatoms. The van der Waals surface area contributed by atoms with Crippen LogP contribution in [0.15, 0.2) is 0 Å². The van der Waals surface area contributed by atoms with Gasteiger partial charge >= 0.3 is 0 Å². The summed E-state index contributed by atoms with van der Waals surface area (Å²) in [6.07, 6.45) is 12.4. The Morgan fingerprint density at radius 2 is 1.33 bits per heavy atom. The fourth-order valence-corrected chi connectivity index (χ4v) is 3.76. The van der Waals surface area contributed by atoms with Gasteiger partial charge in [-0.25, -0.2) is 0 Å². The fraction of sp³-hybridized carbons (Fsp3) is 1.00. The first-order valence-corrected chi connectivity index (χ1v) is 8.03. The summed E-state index contributed by atoms with van der Waals surface area (Å²) in [4.78, 5) is 2.77. The van der Waals surface area contributed by atoms with Gasteiger partial charge in [0.15, 0.2) is 0 Å². The van der Waals surface area contributed by atoms with Crippen molar-refractivity contribution in [3.63, 3.8) is 0 Å². The third kappa shape index (κ3) is 3.27. The van der Waals surface area contributed by atoms with Crippen LogP contribution in [0.1, 0.15) is 71.6 Å². The average molecular weight is 252 g/mol. The van der Waals surface area contributed by atoms with Gasteiger partial charge < -0.3 is 5.73 Å². The van der Waals surface area contributed by atoms with Gasteiger partial charge in [0, 0.05) is 12.1 Å². The summed E-state index contributed by atoms with van der Waals surface area (Å²) in [6.45, 7) is 8.28. The lowest BCUT2D eigenvalue weighted by Gasteiger charge is -2.50. The van der Waals surface area contributed by atoms with E-state index in [1.807, 2.05) is 0 Å². The second-order valence-electron chi connectivity index (χ2n) is 7.35. The highest BCUT2D eigenvalue weighted by atomic mass is 15.2. The van der Waals surface area contributed by atoms with E-state index in [9.17, 15) is 0 Å². The van der Waals surface area contributed by atoms with Gasteiger partial charge in [-0.3, -0.25) is 4.90 Å². The lowest BCUT2D eigenvalue weighted by molar-refractivity contribution is 0.0178. The van der Waals surface area contributed by atoms with Crippen molar-refractivity contribution < 1.29 is 0 Å². The van der Waals surface area contributed by atoms with E-state index < -0.39 is 0 Å². The molecule has 2 rings (SSSR count).